The van der Waals surface area contributed by atoms with Crippen molar-refractivity contribution in [1.82, 2.24) is 10.2 Å². The monoisotopic (exact) mass is 367 g/mol. The number of ether oxygens (including phenoxy) is 1. The first kappa shape index (κ1) is 18.4. The fourth-order valence-electron chi connectivity index (χ4n) is 2.91. The van der Waals surface area contributed by atoms with E-state index in [1.807, 2.05) is 24.3 Å². The molecule has 1 aliphatic heterocycles. The van der Waals surface area contributed by atoms with E-state index < -0.39 is 11.8 Å². The molecule has 2 N–H and O–H groups in total. The second kappa shape index (κ2) is 7.90. The fraction of sp³-hybridized carbons (Fsp3) is 0.250. The minimum atomic E-state index is -0.821. The van der Waals surface area contributed by atoms with Crippen LogP contribution in [0.1, 0.15) is 28.4 Å². The molecule has 0 spiro atoms. The Morgan fingerprint density at radius 1 is 1.00 bits per heavy atom. The summed E-state index contributed by atoms with van der Waals surface area (Å²) in [5.74, 6) is -1.14. The normalized spacial score (nSPS) is 15.1. The molecular weight excluding hydrogens is 346 g/mol. The summed E-state index contributed by atoms with van der Waals surface area (Å²) in [7, 11) is 3.24. The smallest absolute Gasteiger partial charge is 0.313 e. The Balaban J connectivity index is 1.71. The first-order chi connectivity index (χ1) is 13.0. The van der Waals surface area contributed by atoms with Gasteiger partial charge in [-0.25, -0.2) is 0 Å². The summed E-state index contributed by atoms with van der Waals surface area (Å²) < 4.78 is 5.56. The van der Waals surface area contributed by atoms with Gasteiger partial charge < -0.3 is 20.3 Å². The topological polar surface area (TPSA) is 87.7 Å². The van der Waals surface area contributed by atoms with Gasteiger partial charge in [0, 0.05) is 26.1 Å². The van der Waals surface area contributed by atoms with Gasteiger partial charge in [0.15, 0.2) is 0 Å². The number of amides is 3. The zero-order valence-electron chi connectivity index (χ0n) is 15.2. The maximum absolute atomic E-state index is 12.4. The van der Waals surface area contributed by atoms with Crippen molar-refractivity contribution in [1.29, 1.82) is 0 Å². The number of hydrogen-bond donors (Lipinski definition) is 2. The predicted molar refractivity (Wildman–Crippen MR) is 101 cm³/mol. The molecule has 7 nitrogen and oxygen atoms in total. The lowest BCUT2D eigenvalue weighted by atomic mass is 10.0. The number of carbonyl (C=O) groups excluding carboxylic acids is 3. The van der Waals surface area contributed by atoms with Crippen LogP contribution in [0.5, 0.6) is 5.75 Å². The Labute approximate surface area is 157 Å². The van der Waals surface area contributed by atoms with Crippen molar-refractivity contribution in [2.24, 2.45) is 0 Å². The molecule has 0 radical (unpaired) electrons. The molecule has 1 aliphatic rings. The molecule has 0 aliphatic carbocycles. The number of rotatable bonds is 3. The average Bonchev–Trinajstić information content (AvgIpc) is 2.68. The van der Waals surface area contributed by atoms with Crippen LogP contribution < -0.4 is 15.4 Å². The summed E-state index contributed by atoms with van der Waals surface area (Å²) in [4.78, 5) is 38.4. The van der Waals surface area contributed by atoms with E-state index in [-0.39, 0.29) is 11.9 Å². The molecule has 3 amide bonds. The molecule has 1 heterocycles. The number of fused-ring (bicyclic) bond motifs is 1. The SMILES string of the molecule is CN(C)C(=O)c1ccccc1NC(=O)C(=O)N[C@H]1CCOc2ccccc21. The van der Waals surface area contributed by atoms with Crippen molar-refractivity contribution in [3.8, 4) is 5.75 Å². The van der Waals surface area contributed by atoms with Crippen LogP contribution in [0.25, 0.3) is 0 Å². The lowest BCUT2D eigenvalue weighted by Gasteiger charge is -2.26. The highest BCUT2D eigenvalue weighted by Gasteiger charge is 2.26. The minimum absolute atomic E-state index is 0.260. The predicted octanol–water partition coefficient (Wildman–Crippen LogP) is 1.97. The summed E-state index contributed by atoms with van der Waals surface area (Å²) in [6.07, 6.45) is 0.575. The summed E-state index contributed by atoms with van der Waals surface area (Å²) >= 11 is 0. The molecule has 3 rings (SSSR count). The van der Waals surface area contributed by atoms with E-state index in [1.54, 1.807) is 38.4 Å². The van der Waals surface area contributed by atoms with Crippen molar-refractivity contribution in [3.05, 3.63) is 59.7 Å². The number of benzene rings is 2. The minimum Gasteiger partial charge on any atom is -0.493 e. The first-order valence-corrected chi connectivity index (χ1v) is 8.61. The van der Waals surface area contributed by atoms with Crippen molar-refractivity contribution >= 4 is 23.4 Å². The second-order valence-electron chi connectivity index (χ2n) is 6.40. The van der Waals surface area contributed by atoms with Crippen molar-refractivity contribution in [2.75, 3.05) is 26.0 Å². The lowest BCUT2D eigenvalue weighted by Crippen LogP contribution is -2.39. The van der Waals surface area contributed by atoms with Crippen LogP contribution in [-0.2, 0) is 9.59 Å². The van der Waals surface area contributed by atoms with Crippen LogP contribution in [0, 0.1) is 0 Å². The Bertz CT molecular complexity index is 879. The van der Waals surface area contributed by atoms with Crippen LogP contribution in [0.3, 0.4) is 0 Å². The van der Waals surface area contributed by atoms with Crippen molar-refractivity contribution < 1.29 is 19.1 Å². The Kier molecular flexibility index (Phi) is 5.40. The van der Waals surface area contributed by atoms with E-state index in [4.69, 9.17) is 4.74 Å². The first-order valence-electron chi connectivity index (χ1n) is 8.61. The molecule has 1 atom stereocenters. The highest BCUT2D eigenvalue weighted by Crippen LogP contribution is 2.31. The molecular formula is C20H21N3O4. The van der Waals surface area contributed by atoms with Gasteiger partial charge in [0.2, 0.25) is 0 Å². The number of nitrogens with zero attached hydrogens (tertiary/aromatic N) is 1. The Morgan fingerprint density at radius 2 is 1.70 bits per heavy atom. The van der Waals surface area contributed by atoms with E-state index >= 15 is 0 Å². The molecule has 0 bridgehead atoms. The molecule has 0 unspecified atom stereocenters. The van der Waals surface area contributed by atoms with Gasteiger partial charge in [-0.05, 0) is 18.2 Å². The van der Waals surface area contributed by atoms with Crippen LogP contribution in [0.4, 0.5) is 5.69 Å². The molecule has 0 fully saturated rings. The number of carbonyl (C=O) groups is 3. The van der Waals surface area contributed by atoms with Gasteiger partial charge >= 0.3 is 11.8 Å². The van der Waals surface area contributed by atoms with Crippen LogP contribution in [-0.4, -0.2) is 43.3 Å². The highest BCUT2D eigenvalue weighted by molar-refractivity contribution is 6.40. The zero-order valence-corrected chi connectivity index (χ0v) is 15.2. The van der Waals surface area contributed by atoms with Gasteiger partial charge in [-0.15, -0.1) is 0 Å². The van der Waals surface area contributed by atoms with E-state index in [0.717, 1.165) is 5.56 Å². The van der Waals surface area contributed by atoms with Gasteiger partial charge in [-0.3, -0.25) is 14.4 Å². The van der Waals surface area contributed by atoms with Crippen LogP contribution in [0.15, 0.2) is 48.5 Å². The van der Waals surface area contributed by atoms with Gasteiger partial charge in [0.25, 0.3) is 5.91 Å². The largest absolute Gasteiger partial charge is 0.493 e. The van der Waals surface area contributed by atoms with E-state index in [1.165, 1.54) is 4.90 Å². The highest BCUT2D eigenvalue weighted by atomic mass is 16.5. The number of anilines is 1. The molecule has 27 heavy (non-hydrogen) atoms. The summed E-state index contributed by atoms with van der Waals surface area (Å²) in [5.41, 5.74) is 1.46. The maximum Gasteiger partial charge on any atom is 0.313 e. The second-order valence-corrected chi connectivity index (χ2v) is 6.40. The third-order valence-electron chi connectivity index (χ3n) is 4.28. The molecule has 0 saturated heterocycles. The number of para-hydroxylation sites is 2. The standard InChI is InChI=1S/C20H21N3O4/c1-23(2)20(26)14-8-3-5-9-15(14)21-18(24)19(25)22-16-11-12-27-17-10-6-4-7-13(16)17/h3-10,16H,11-12H2,1-2H3,(H,21,24)(H,22,25)/t16-/m0/s1. The average molecular weight is 367 g/mol. The van der Waals surface area contributed by atoms with E-state index in [0.29, 0.717) is 30.0 Å². The van der Waals surface area contributed by atoms with Crippen LogP contribution >= 0.6 is 0 Å². The van der Waals surface area contributed by atoms with Gasteiger partial charge in [-0.2, -0.15) is 0 Å². The number of nitrogens with one attached hydrogen (secondary N) is 2. The van der Waals surface area contributed by atoms with Crippen molar-refractivity contribution in [2.45, 2.75) is 12.5 Å². The van der Waals surface area contributed by atoms with E-state index in [9.17, 15) is 14.4 Å². The quantitative estimate of drug-likeness (QED) is 0.812. The molecule has 0 aromatic heterocycles. The van der Waals surface area contributed by atoms with Gasteiger partial charge in [0.05, 0.1) is 23.9 Å². The maximum atomic E-state index is 12.4. The third kappa shape index (κ3) is 4.08. The zero-order chi connectivity index (χ0) is 19.4. The summed E-state index contributed by atoms with van der Waals surface area (Å²) in [5, 5.41) is 5.27. The number of hydrogen-bond acceptors (Lipinski definition) is 4. The molecule has 2 aromatic rings. The van der Waals surface area contributed by atoms with Crippen molar-refractivity contribution in [3.63, 3.8) is 0 Å². The summed E-state index contributed by atoms with van der Waals surface area (Å²) in [6.45, 7) is 0.462. The lowest BCUT2D eigenvalue weighted by molar-refractivity contribution is -0.136. The van der Waals surface area contributed by atoms with Gasteiger partial charge in [-0.1, -0.05) is 30.3 Å². The fourth-order valence-corrected chi connectivity index (χ4v) is 2.91. The molecule has 7 heteroatoms. The van der Waals surface area contributed by atoms with E-state index in [2.05, 4.69) is 10.6 Å². The molecule has 140 valence electrons. The van der Waals surface area contributed by atoms with Crippen LogP contribution in [0.2, 0.25) is 0 Å². The Hall–Kier alpha value is -3.35. The Morgan fingerprint density at radius 3 is 2.48 bits per heavy atom. The van der Waals surface area contributed by atoms with Gasteiger partial charge in [0.1, 0.15) is 5.75 Å². The molecule has 0 saturated carbocycles. The summed E-state index contributed by atoms with van der Waals surface area (Å²) in [6, 6.07) is 13.7. The third-order valence-corrected chi connectivity index (χ3v) is 4.28. The molecule has 2 aromatic carbocycles.